The number of rotatable bonds is 5. The molecule has 1 saturated heterocycles. The first-order valence-corrected chi connectivity index (χ1v) is 5.78. The second-order valence-corrected chi connectivity index (χ2v) is 4.10. The predicted molar refractivity (Wildman–Crippen MR) is 61.7 cm³/mol. The fourth-order valence-electron chi connectivity index (χ4n) is 1.92. The molecule has 1 fully saturated rings. The maximum Gasteiger partial charge on any atom is 0.337 e. The summed E-state index contributed by atoms with van der Waals surface area (Å²) in [5, 5.41) is 9.13. The third-order valence-corrected chi connectivity index (χ3v) is 2.80. The van der Waals surface area contributed by atoms with Crippen LogP contribution in [0.4, 0.5) is 0 Å². The molecule has 1 heterocycles. The molecule has 1 aliphatic rings. The zero-order chi connectivity index (χ0) is 12.1. The number of aliphatic carboxylic acids is 1. The standard InChI is InChI=1S/C13H16O4/c14-13(15)12(10-5-2-1-3-6-10)17-9-11-7-4-8-16-11/h1-3,5-6,11-12H,4,7-9H2,(H,14,15). The van der Waals surface area contributed by atoms with Crippen molar-refractivity contribution < 1.29 is 19.4 Å². The van der Waals surface area contributed by atoms with Gasteiger partial charge in [-0.05, 0) is 18.4 Å². The molecule has 0 amide bonds. The number of hydrogen-bond donors (Lipinski definition) is 1. The van der Waals surface area contributed by atoms with Crippen LogP contribution in [-0.2, 0) is 14.3 Å². The Morgan fingerprint density at radius 3 is 2.82 bits per heavy atom. The molecule has 2 unspecified atom stereocenters. The van der Waals surface area contributed by atoms with Crippen LogP contribution in [0, 0.1) is 0 Å². The van der Waals surface area contributed by atoms with E-state index in [9.17, 15) is 4.79 Å². The summed E-state index contributed by atoms with van der Waals surface area (Å²) in [7, 11) is 0. The minimum Gasteiger partial charge on any atom is -0.479 e. The van der Waals surface area contributed by atoms with Crippen molar-refractivity contribution in [2.24, 2.45) is 0 Å². The number of carboxylic acid groups (broad SMARTS) is 1. The van der Waals surface area contributed by atoms with Crippen LogP contribution in [0.15, 0.2) is 30.3 Å². The Morgan fingerprint density at radius 2 is 2.24 bits per heavy atom. The Labute approximate surface area is 100 Å². The van der Waals surface area contributed by atoms with E-state index in [0.717, 1.165) is 19.4 Å². The molecule has 1 aromatic carbocycles. The van der Waals surface area contributed by atoms with Crippen molar-refractivity contribution in [1.29, 1.82) is 0 Å². The predicted octanol–water partition coefficient (Wildman–Crippen LogP) is 2.01. The van der Waals surface area contributed by atoms with Crippen LogP contribution < -0.4 is 0 Å². The Bertz CT molecular complexity index is 357. The van der Waals surface area contributed by atoms with E-state index < -0.39 is 12.1 Å². The quantitative estimate of drug-likeness (QED) is 0.849. The molecule has 0 aromatic heterocycles. The lowest BCUT2D eigenvalue weighted by molar-refractivity contribution is -0.153. The minimum atomic E-state index is -0.964. The van der Waals surface area contributed by atoms with Gasteiger partial charge >= 0.3 is 5.97 Å². The maximum absolute atomic E-state index is 11.1. The summed E-state index contributed by atoms with van der Waals surface area (Å²) in [5.74, 6) is -0.964. The Kier molecular flexibility index (Phi) is 4.12. The summed E-state index contributed by atoms with van der Waals surface area (Å²) < 4.78 is 10.9. The molecule has 0 bridgehead atoms. The van der Waals surface area contributed by atoms with E-state index in [2.05, 4.69) is 0 Å². The molecule has 1 N–H and O–H groups in total. The lowest BCUT2D eigenvalue weighted by Crippen LogP contribution is -2.21. The summed E-state index contributed by atoms with van der Waals surface area (Å²) >= 11 is 0. The molecule has 1 aliphatic heterocycles. The third-order valence-electron chi connectivity index (χ3n) is 2.80. The highest BCUT2D eigenvalue weighted by atomic mass is 16.6. The Balaban J connectivity index is 1.95. The average Bonchev–Trinajstić information content (AvgIpc) is 2.83. The van der Waals surface area contributed by atoms with Crippen LogP contribution >= 0.6 is 0 Å². The molecule has 2 rings (SSSR count). The SMILES string of the molecule is O=C(O)C(OCC1CCCO1)c1ccccc1. The highest BCUT2D eigenvalue weighted by Crippen LogP contribution is 2.20. The molecule has 4 nitrogen and oxygen atoms in total. The van der Waals surface area contributed by atoms with Crippen LogP contribution in [-0.4, -0.2) is 30.4 Å². The van der Waals surface area contributed by atoms with Gasteiger partial charge in [0.15, 0.2) is 6.10 Å². The van der Waals surface area contributed by atoms with Crippen LogP contribution in [0.5, 0.6) is 0 Å². The monoisotopic (exact) mass is 236 g/mol. The van der Waals surface area contributed by atoms with Crippen LogP contribution in [0.25, 0.3) is 0 Å². The van der Waals surface area contributed by atoms with Crippen molar-refractivity contribution in [2.75, 3.05) is 13.2 Å². The van der Waals surface area contributed by atoms with E-state index in [1.165, 1.54) is 0 Å². The van der Waals surface area contributed by atoms with E-state index in [0.29, 0.717) is 12.2 Å². The summed E-state index contributed by atoms with van der Waals surface area (Å²) in [5.41, 5.74) is 0.665. The fraction of sp³-hybridized carbons (Fsp3) is 0.462. The normalized spacial score (nSPS) is 21.3. The van der Waals surface area contributed by atoms with E-state index in [1.807, 2.05) is 6.07 Å². The smallest absolute Gasteiger partial charge is 0.337 e. The van der Waals surface area contributed by atoms with Crippen molar-refractivity contribution in [2.45, 2.75) is 25.0 Å². The summed E-state index contributed by atoms with van der Waals surface area (Å²) in [4.78, 5) is 11.1. The molecule has 92 valence electrons. The number of benzene rings is 1. The van der Waals surface area contributed by atoms with Gasteiger partial charge in [-0.2, -0.15) is 0 Å². The average molecular weight is 236 g/mol. The Hall–Kier alpha value is -1.39. The van der Waals surface area contributed by atoms with Crippen LogP contribution in [0.1, 0.15) is 24.5 Å². The molecule has 0 radical (unpaired) electrons. The zero-order valence-corrected chi connectivity index (χ0v) is 9.54. The Morgan fingerprint density at radius 1 is 1.47 bits per heavy atom. The molecule has 17 heavy (non-hydrogen) atoms. The van der Waals surface area contributed by atoms with Gasteiger partial charge in [-0.1, -0.05) is 30.3 Å². The first-order chi connectivity index (χ1) is 8.27. The number of carbonyl (C=O) groups is 1. The molecule has 0 aliphatic carbocycles. The number of ether oxygens (including phenoxy) is 2. The third kappa shape index (κ3) is 3.28. The molecule has 0 spiro atoms. The van der Waals surface area contributed by atoms with Gasteiger partial charge in [-0.25, -0.2) is 4.79 Å². The molecule has 4 heteroatoms. The molecular weight excluding hydrogens is 220 g/mol. The van der Waals surface area contributed by atoms with Gasteiger partial charge in [-0.3, -0.25) is 0 Å². The summed E-state index contributed by atoms with van der Waals surface area (Å²) in [6, 6.07) is 8.98. The maximum atomic E-state index is 11.1. The van der Waals surface area contributed by atoms with Crippen molar-refractivity contribution in [1.82, 2.24) is 0 Å². The fourth-order valence-corrected chi connectivity index (χ4v) is 1.92. The van der Waals surface area contributed by atoms with Gasteiger partial charge in [0.25, 0.3) is 0 Å². The van der Waals surface area contributed by atoms with Gasteiger partial charge in [0.2, 0.25) is 0 Å². The van der Waals surface area contributed by atoms with Crippen molar-refractivity contribution in [3.8, 4) is 0 Å². The van der Waals surface area contributed by atoms with Crippen molar-refractivity contribution in [3.05, 3.63) is 35.9 Å². The van der Waals surface area contributed by atoms with E-state index in [1.54, 1.807) is 24.3 Å². The minimum absolute atomic E-state index is 0.0422. The van der Waals surface area contributed by atoms with Crippen LogP contribution in [0.2, 0.25) is 0 Å². The molecule has 2 atom stereocenters. The van der Waals surface area contributed by atoms with Gasteiger partial charge in [0, 0.05) is 6.61 Å². The van der Waals surface area contributed by atoms with E-state index in [4.69, 9.17) is 14.6 Å². The van der Waals surface area contributed by atoms with Crippen LogP contribution in [0.3, 0.4) is 0 Å². The summed E-state index contributed by atoms with van der Waals surface area (Å²) in [6.07, 6.45) is 1.11. The number of carboxylic acids is 1. The number of hydrogen-bond acceptors (Lipinski definition) is 3. The molecule has 1 aromatic rings. The molecule has 0 saturated carbocycles. The van der Waals surface area contributed by atoms with Crippen molar-refractivity contribution >= 4 is 5.97 Å². The van der Waals surface area contributed by atoms with Gasteiger partial charge in [0.05, 0.1) is 12.7 Å². The first kappa shape index (κ1) is 12.1. The van der Waals surface area contributed by atoms with Gasteiger partial charge in [-0.15, -0.1) is 0 Å². The van der Waals surface area contributed by atoms with Gasteiger partial charge in [0.1, 0.15) is 0 Å². The highest BCUT2D eigenvalue weighted by Gasteiger charge is 2.23. The van der Waals surface area contributed by atoms with Gasteiger partial charge < -0.3 is 14.6 Å². The lowest BCUT2D eigenvalue weighted by atomic mass is 10.1. The van der Waals surface area contributed by atoms with E-state index >= 15 is 0 Å². The zero-order valence-electron chi connectivity index (χ0n) is 9.54. The highest BCUT2D eigenvalue weighted by molar-refractivity contribution is 5.74. The topological polar surface area (TPSA) is 55.8 Å². The second-order valence-electron chi connectivity index (χ2n) is 4.10. The summed E-state index contributed by atoms with van der Waals surface area (Å²) in [6.45, 7) is 1.09. The molecular formula is C13H16O4. The lowest BCUT2D eigenvalue weighted by Gasteiger charge is -2.16. The van der Waals surface area contributed by atoms with Crippen molar-refractivity contribution in [3.63, 3.8) is 0 Å². The largest absolute Gasteiger partial charge is 0.479 e. The van der Waals surface area contributed by atoms with E-state index in [-0.39, 0.29) is 6.10 Å². The second kappa shape index (κ2) is 5.80. The first-order valence-electron chi connectivity index (χ1n) is 5.78.